The van der Waals surface area contributed by atoms with Gasteiger partial charge in [0.15, 0.2) is 0 Å². The fourth-order valence-electron chi connectivity index (χ4n) is 1.47. The number of amides is 1. The summed E-state index contributed by atoms with van der Waals surface area (Å²) in [5, 5.41) is 11.6. The van der Waals surface area contributed by atoms with E-state index in [0.29, 0.717) is 12.8 Å². The number of carbonyl (C=O) groups is 2. The minimum Gasteiger partial charge on any atom is -0.480 e. The van der Waals surface area contributed by atoms with E-state index in [2.05, 4.69) is 5.32 Å². The Balaban J connectivity index is 4.20. The molecule has 5 nitrogen and oxygen atoms in total. The third-order valence-corrected chi connectivity index (χ3v) is 2.48. The number of nitrogens with two attached hydrogens (primary N) is 1. The van der Waals surface area contributed by atoms with Gasteiger partial charge in [0.05, 0.1) is 0 Å². The molecule has 4 N–H and O–H groups in total. The summed E-state index contributed by atoms with van der Waals surface area (Å²) in [5.41, 5.74) is 5.07. The van der Waals surface area contributed by atoms with Crippen LogP contribution in [0.15, 0.2) is 0 Å². The molecule has 0 aliphatic carbocycles. The number of rotatable bonds is 6. The zero-order valence-electron chi connectivity index (χ0n) is 11.1. The van der Waals surface area contributed by atoms with Gasteiger partial charge in [-0.05, 0) is 25.2 Å². The first-order chi connectivity index (χ1) is 7.64. The molecule has 0 spiro atoms. The maximum atomic E-state index is 11.6. The molecule has 0 aromatic heterocycles. The van der Waals surface area contributed by atoms with E-state index in [1.165, 1.54) is 0 Å². The van der Waals surface area contributed by atoms with Gasteiger partial charge in [0.1, 0.15) is 6.04 Å². The van der Waals surface area contributed by atoms with E-state index >= 15 is 0 Å². The fourth-order valence-corrected chi connectivity index (χ4v) is 1.47. The first-order valence-electron chi connectivity index (χ1n) is 5.92. The minimum absolute atomic E-state index is 0.0701. The number of hydrogen-bond acceptors (Lipinski definition) is 3. The SMILES string of the molecule is CC(N)CCCC(=O)N[C@H](C(=O)O)C(C)(C)C. The lowest BCUT2D eigenvalue weighted by Crippen LogP contribution is -2.49. The summed E-state index contributed by atoms with van der Waals surface area (Å²) in [6, 6.07) is -0.786. The number of aliphatic carboxylic acids is 1. The first kappa shape index (κ1) is 15.9. The van der Waals surface area contributed by atoms with E-state index < -0.39 is 17.4 Å². The van der Waals surface area contributed by atoms with Crippen molar-refractivity contribution in [3.8, 4) is 0 Å². The average molecular weight is 244 g/mol. The van der Waals surface area contributed by atoms with Crippen LogP contribution in [-0.2, 0) is 9.59 Å². The molecule has 0 radical (unpaired) electrons. The molecule has 17 heavy (non-hydrogen) atoms. The lowest BCUT2D eigenvalue weighted by Gasteiger charge is -2.27. The zero-order chi connectivity index (χ0) is 13.6. The van der Waals surface area contributed by atoms with Gasteiger partial charge in [-0.15, -0.1) is 0 Å². The molecule has 2 atom stereocenters. The molecule has 0 aromatic rings. The first-order valence-corrected chi connectivity index (χ1v) is 5.92. The fraction of sp³-hybridized carbons (Fsp3) is 0.833. The number of carboxylic acids is 1. The van der Waals surface area contributed by atoms with Crippen LogP contribution in [0.2, 0.25) is 0 Å². The van der Waals surface area contributed by atoms with Gasteiger partial charge in [-0.25, -0.2) is 4.79 Å². The highest BCUT2D eigenvalue weighted by molar-refractivity contribution is 5.84. The smallest absolute Gasteiger partial charge is 0.326 e. The molecule has 0 bridgehead atoms. The van der Waals surface area contributed by atoms with Crippen LogP contribution in [-0.4, -0.2) is 29.1 Å². The Kier molecular flexibility index (Phi) is 6.16. The Labute approximate surface area is 103 Å². The molecule has 0 aliphatic heterocycles. The Hall–Kier alpha value is -1.10. The number of hydrogen-bond donors (Lipinski definition) is 3. The van der Waals surface area contributed by atoms with Gasteiger partial charge in [0, 0.05) is 12.5 Å². The van der Waals surface area contributed by atoms with Crippen LogP contribution in [0.3, 0.4) is 0 Å². The number of carbonyl (C=O) groups excluding carboxylic acids is 1. The van der Waals surface area contributed by atoms with Crippen LogP contribution in [0.25, 0.3) is 0 Å². The molecule has 0 aliphatic rings. The maximum Gasteiger partial charge on any atom is 0.326 e. The Bertz CT molecular complexity index is 269. The molecule has 0 aromatic carbocycles. The van der Waals surface area contributed by atoms with Crippen molar-refractivity contribution in [3.63, 3.8) is 0 Å². The van der Waals surface area contributed by atoms with Crippen LogP contribution < -0.4 is 11.1 Å². The lowest BCUT2D eigenvalue weighted by atomic mass is 9.86. The molecular weight excluding hydrogens is 220 g/mol. The van der Waals surface area contributed by atoms with Gasteiger partial charge < -0.3 is 16.2 Å². The van der Waals surface area contributed by atoms with E-state index in [9.17, 15) is 9.59 Å². The second kappa shape index (κ2) is 6.59. The predicted molar refractivity (Wildman–Crippen MR) is 66.5 cm³/mol. The van der Waals surface area contributed by atoms with Crippen LogP contribution in [0.5, 0.6) is 0 Å². The van der Waals surface area contributed by atoms with Gasteiger partial charge in [0.2, 0.25) is 5.91 Å². The van der Waals surface area contributed by atoms with Crippen molar-refractivity contribution >= 4 is 11.9 Å². The molecule has 0 fully saturated rings. The van der Waals surface area contributed by atoms with Crippen molar-refractivity contribution in [2.45, 2.75) is 59.0 Å². The summed E-state index contributed by atoms with van der Waals surface area (Å²) in [6.07, 6.45) is 1.77. The Morgan fingerprint density at radius 2 is 1.88 bits per heavy atom. The molecule has 1 unspecified atom stereocenters. The van der Waals surface area contributed by atoms with E-state index in [-0.39, 0.29) is 11.9 Å². The van der Waals surface area contributed by atoms with Crippen molar-refractivity contribution in [2.24, 2.45) is 11.1 Å². The molecule has 0 saturated carbocycles. The van der Waals surface area contributed by atoms with Crippen molar-refractivity contribution in [3.05, 3.63) is 0 Å². The van der Waals surface area contributed by atoms with Crippen LogP contribution >= 0.6 is 0 Å². The van der Waals surface area contributed by atoms with Crippen molar-refractivity contribution < 1.29 is 14.7 Å². The minimum atomic E-state index is -1.00. The summed E-state index contributed by atoms with van der Waals surface area (Å²) in [4.78, 5) is 22.6. The highest BCUT2D eigenvalue weighted by atomic mass is 16.4. The molecule has 0 heterocycles. The lowest BCUT2D eigenvalue weighted by molar-refractivity contribution is -0.145. The van der Waals surface area contributed by atoms with E-state index in [4.69, 9.17) is 10.8 Å². The predicted octanol–water partition coefficient (Wildman–Crippen LogP) is 1.12. The van der Waals surface area contributed by atoms with E-state index in [0.717, 1.165) is 6.42 Å². The summed E-state index contributed by atoms with van der Waals surface area (Å²) >= 11 is 0. The zero-order valence-corrected chi connectivity index (χ0v) is 11.1. The summed E-state index contributed by atoms with van der Waals surface area (Å²) in [6.45, 7) is 7.24. The highest BCUT2D eigenvalue weighted by Gasteiger charge is 2.32. The monoisotopic (exact) mass is 244 g/mol. The molecule has 5 heteroatoms. The summed E-state index contributed by atoms with van der Waals surface area (Å²) in [5.74, 6) is -1.23. The number of nitrogens with one attached hydrogen (secondary N) is 1. The largest absolute Gasteiger partial charge is 0.480 e. The topological polar surface area (TPSA) is 92.4 Å². The second-order valence-corrected chi connectivity index (χ2v) is 5.57. The third kappa shape index (κ3) is 6.94. The van der Waals surface area contributed by atoms with Gasteiger partial charge in [-0.3, -0.25) is 4.79 Å². The average Bonchev–Trinajstić information content (AvgIpc) is 2.11. The summed E-state index contributed by atoms with van der Waals surface area (Å²) < 4.78 is 0. The van der Waals surface area contributed by atoms with Crippen LogP contribution in [0.4, 0.5) is 0 Å². The van der Waals surface area contributed by atoms with Crippen LogP contribution in [0, 0.1) is 5.41 Å². The number of carboxylic acid groups (broad SMARTS) is 1. The van der Waals surface area contributed by atoms with E-state index in [1.54, 1.807) is 20.8 Å². The van der Waals surface area contributed by atoms with Gasteiger partial charge in [-0.2, -0.15) is 0 Å². The molecular formula is C12H24N2O3. The van der Waals surface area contributed by atoms with E-state index in [1.807, 2.05) is 6.92 Å². The molecule has 0 saturated heterocycles. The second-order valence-electron chi connectivity index (χ2n) is 5.57. The van der Waals surface area contributed by atoms with Gasteiger partial charge in [-0.1, -0.05) is 20.8 Å². The van der Waals surface area contributed by atoms with Crippen LogP contribution in [0.1, 0.15) is 47.0 Å². The summed E-state index contributed by atoms with van der Waals surface area (Å²) in [7, 11) is 0. The van der Waals surface area contributed by atoms with Crippen molar-refractivity contribution in [1.29, 1.82) is 0 Å². The Morgan fingerprint density at radius 1 is 1.35 bits per heavy atom. The molecule has 100 valence electrons. The van der Waals surface area contributed by atoms with Crippen molar-refractivity contribution in [2.75, 3.05) is 0 Å². The standard InChI is InChI=1S/C12H24N2O3/c1-8(13)6-5-7-9(15)14-10(11(16)17)12(2,3)4/h8,10H,5-7,13H2,1-4H3,(H,14,15)(H,16,17)/t8?,10-/m1/s1. The Morgan fingerprint density at radius 3 is 2.24 bits per heavy atom. The normalized spacial score (nSPS) is 15.1. The maximum absolute atomic E-state index is 11.6. The molecule has 1 amide bonds. The van der Waals surface area contributed by atoms with Gasteiger partial charge >= 0.3 is 5.97 Å². The third-order valence-electron chi connectivity index (χ3n) is 2.48. The van der Waals surface area contributed by atoms with Gasteiger partial charge in [0.25, 0.3) is 0 Å². The highest BCUT2D eigenvalue weighted by Crippen LogP contribution is 2.19. The quantitative estimate of drug-likeness (QED) is 0.652. The van der Waals surface area contributed by atoms with Crippen molar-refractivity contribution in [1.82, 2.24) is 5.32 Å². The molecule has 0 rings (SSSR count).